The minimum absolute atomic E-state index is 0.171. The van der Waals surface area contributed by atoms with E-state index in [1.807, 2.05) is 54.2 Å². The Morgan fingerprint density at radius 3 is 2.67 bits per heavy atom. The van der Waals surface area contributed by atoms with Crippen LogP contribution in [0.3, 0.4) is 0 Å². The minimum Gasteiger partial charge on any atom is -0.322 e. The lowest BCUT2D eigenvalue weighted by Crippen LogP contribution is -2.14. The molecule has 0 atom stereocenters. The van der Waals surface area contributed by atoms with E-state index in [0.717, 1.165) is 27.4 Å². The van der Waals surface area contributed by atoms with Gasteiger partial charge in [-0.3, -0.25) is 9.78 Å². The first-order valence-corrected chi connectivity index (χ1v) is 10.8. The quantitative estimate of drug-likeness (QED) is 0.433. The number of nitrogens with zero attached hydrogens (tertiary/aromatic N) is 4. The molecule has 1 amide bonds. The molecule has 3 aromatic heterocycles. The van der Waals surface area contributed by atoms with Crippen LogP contribution in [0.1, 0.15) is 41.5 Å². The summed E-state index contributed by atoms with van der Waals surface area (Å²) in [5.74, 6) is 0.684. The van der Waals surface area contributed by atoms with E-state index in [-0.39, 0.29) is 11.9 Å². The van der Waals surface area contributed by atoms with E-state index in [1.54, 1.807) is 24.2 Å². The van der Waals surface area contributed by atoms with Gasteiger partial charge >= 0.3 is 0 Å². The third kappa shape index (κ3) is 4.36. The molecular formula is C23H23N5OS. The van der Waals surface area contributed by atoms with Crippen LogP contribution in [0.4, 0.5) is 5.69 Å². The Morgan fingerprint density at radius 2 is 1.97 bits per heavy atom. The molecule has 30 heavy (non-hydrogen) atoms. The highest BCUT2D eigenvalue weighted by Gasteiger charge is 2.15. The maximum absolute atomic E-state index is 12.8. The van der Waals surface area contributed by atoms with Crippen LogP contribution >= 0.6 is 11.8 Å². The number of hydrogen-bond donors (Lipinski definition) is 1. The number of hydrogen-bond acceptors (Lipinski definition) is 5. The summed E-state index contributed by atoms with van der Waals surface area (Å²) in [6.07, 6.45) is 5.41. The molecule has 0 saturated heterocycles. The van der Waals surface area contributed by atoms with E-state index in [9.17, 15) is 4.79 Å². The summed E-state index contributed by atoms with van der Waals surface area (Å²) in [5, 5.41) is 8.22. The fourth-order valence-electron chi connectivity index (χ4n) is 3.16. The Hall–Kier alpha value is -3.19. The van der Waals surface area contributed by atoms with E-state index in [0.29, 0.717) is 11.3 Å². The van der Waals surface area contributed by atoms with Crippen molar-refractivity contribution in [1.29, 1.82) is 0 Å². The third-order valence-corrected chi connectivity index (χ3v) is 5.82. The number of carbonyl (C=O) groups excluding carboxylic acids is 1. The van der Waals surface area contributed by atoms with Crippen LogP contribution in [0.5, 0.6) is 0 Å². The molecule has 0 radical (unpaired) electrons. The third-order valence-electron chi connectivity index (χ3n) is 4.73. The van der Waals surface area contributed by atoms with Crippen molar-refractivity contribution in [2.24, 2.45) is 0 Å². The topological polar surface area (TPSA) is 72.7 Å². The Bertz CT molecular complexity index is 1170. The average molecular weight is 418 g/mol. The van der Waals surface area contributed by atoms with Crippen LogP contribution in [-0.4, -0.2) is 25.7 Å². The zero-order chi connectivity index (χ0) is 21.1. The summed E-state index contributed by atoms with van der Waals surface area (Å²) in [7, 11) is 0. The molecule has 0 saturated carbocycles. The molecule has 4 aromatic rings. The minimum atomic E-state index is -0.171. The lowest BCUT2D eigenvalue weighted by atomic mass is 10.1. The fourth-order valence-corrected chi connectivity index (χ4v) is 3.99. The fraction of sp³-hybridized carbons (Fsp3) is 0.217. The summed E-state index contributed by atoms with van der Waals surface area (Å²) in [6, 6.07) is 13.9. The zero-order valence-corrected chi connectivity index (χ0v) is 18.0. The standard InChI is InChI=1S/C23H23N5OS/c1-15(2)28-22-18(13-25-28)11-21(16(3)26-22)23(29)27-19-6-8-20(9-7-19)30-14-17-5-4-10-24-12-17/h4-13,15H,14H2,1-3H3,(H,27,29). The number of rotatable bonds is 6. The molecule has 3 heterocycles. The summed E-state index contributed by atoms with van der Waals surface area (Å²) < 4.78 is 1.87. The van der Waals surface area contributed by atoms with Crippen LogP contribution in [0, 0.1) is 6.92 Å². The van der Waals surface area contributed by atoms with Gasteiger partial charge in [0.25, 0.3) is 5.91 Å². The van der Waals surface area contributed by atoms with E-state index < -0.39 is 0 Å². The van der Waals surface area contributed by atoms with Crippen LogP contribution in [0.15, 0.2) is 66.0 Å². The summed E-state index contributed by atoms with van der Waals surface area (Å²) in [6.45, 7) is 5.97. The van der Waals surface area contributed by atoms with Gasteiger partial charge in [0.1, 0.15) is 0 Å². The number of anilines is 1. The molecule has 4 rings (SSSR count). The van der Waals surface area contributed by atoms with Gasteiger partial charge < -0.3 is 5.32 Å². The van der Waals surface area contributed by atoms with E-state index >= 15 is 0 Å². The summed E-state index contributed by atoms with van der Waals surface area (Å²) >= 11 is 1.73. The highest BCUT2D eigenvalue weighted by molar-refractivity contribution is 7.98. The molecule has 1 N–H and O–H groups in total. The molecule has 1 aromatic carbocycles. The van der Waals surface area contributed by atoms with Crippen LogP contribution in [0.2, 0.25) is 0 Å². The highest BCUT2D eigenvalue weighted by atomic mass is 32.2. The van der Waals surface area contributed by atoms with Gasteiger partial charge in [-0.25, -0.2) is 9.67 Å². The molecule has 0 fully saturated rings. The Kier molecular flexibility index (Phi) is 5.81. The number of aromatic nitrogens is 4. The van der Waals surface area contributed by atoms with Crippen LogP contribution < -0.4 is 5.32 Å². The van der Waals surface area contributed by atoms with Gasteiger partial charge in [0, 0.05) is 40.2 Å². The first-order chi connectivity index (χ1) is 14.5. The lowest BCUT2D eigenvalue weighted by Gasteiger charge is -2.10. The number of amides is 1. The van der Waals surface area contributed by atoms with Crippen LogP contribution in [-0.2, 0) is 5.75 Å². The largest absolute Gasteiger partial charge is 0.322 e. The van der Waals surface area contributed by atoms with E-state index in [4.69, 9.17) is 0 Å². The second kappa shape index (κ2) is 8.67. The second-order valence-corrected chi connectivity index (χ2v) is 8.39. The molecule has 0 aliphatic carbocycles. The second-order valence-electron chi connectivity index (χ2n) is 7.35. The van der Waals surface area contributed by atoms with Crippen molar-refractivity contribution in [3.8, 4) is 0 Å². The maximum Gasteiger partial charge on any atom is 0.257 e. The first-order valence-electron chi connectivity index (χ1n) is 9.79. The van der Waals surface area contributed by atoms with Gasteiger partial charge in [0.15, 0.2) is 5.65 Å². The number of fused-ring (bicyclic) bond motifs is 1. The number of thioether (sulfide) groups is 1. The maximum atomic E-state index is 12.8. The molecule has 0 spiro atoms. The zero-order valence-electron chi connectivity index (χ0n) is 17.2. The van der Waals surface area contributed by atoms with Crippen molar-refractivity contribution < 1.29 is 4.79 Å². The van der Waals surface area contributed by atoms with Gasteiger partial charge in [-0.05, 0) is 62.7 Å². The first kappa shape index (κ1) is 20.1. The van der Waals surface area contributed by atoms with Crippen LogP contribution in [0.25, 0.3) is 11.0 Å². The number of pyridine rings is 2. The molecule has 0 aliphatic rings. The molecule has 0 aliphatic heterocycles. The summed E-state index contributed by atoms with van der Waals surface area (Å²) in [4.78, 5) is 22.7. The predicted molar refractivity (Wildman–Crippen MR) is 121 cm³/mol. The molecule has 0 unspecified atom stereocenters. The monoisotopic (exact) mass is 417 g/mol. The SMILES string of the molecule is Cc1nc2c(cnn2C(C)C)cc1C(=O)Nc1ccc(SCc2cccnc2)cc1. The van der Waals surface area contributed by atoms with Gasteiger partial charge in [-0.1, -0.05) is 6.07 Å². The number of benzene rings is 1. The van der Waals surface area contributed by atoms with Crippen molar-refractivity contribution >= 4 is 34.4 Å². The van der Waals surface area contributed by atoms with Crippen molar-refractivity contribution in [3.63, 3.8) is 0 Å². The Morgan fingerprint density at radius 1 is 1.17 bits per heavy atom. The molecule has 6 nitrogen and oxygen atoms in total. The molecule has 0 bridgehead atoms. The number of nitrogens with one attached hydrogen (secondary N) is 1. The van der Waals surface area contributed by atoms with Crippen molar-refractivity contribution in [1.82, 2.24) is 19.7 Å². The highest BCUT2D eigenvalue weighted by Crippen LogP contribution is 2.25. The van der Waals surface area contributed by atoms with Gasteiger partial charge in [-0.15, -0.1) is 11.8 Å². The Labute approximate surface area is 179 Å². The lowest BCUT2D eigenvalue weighted by molar-refractivity contribution is 0.102. The van der Waals surface area contributed by atoms with Gasteiger partial charge in [0.2, 0.25) is 0 Å². The van der Waals surface area contributed by atoms with E-state index in [2.05, 4.69) is 40.3 Å². The average Bonchev–Trinajstić information content (AvgIpc) is 3.16. The van der Waals surface area contributed by atoms with Gasteiger partial charge in [0.05, 0.1) is 17.5 Å². The molecule has 7 heteroatoms. The van der Waals surface area contributed by atoms with Crippen molar-refractivity contribution in [3.05, 3.63) is 77.9 Å². The number of carbonyl (C=O) groups is 1. The Balaban J connectivity index is 1.45. The van der Waals surface area contributed by atoms with E-state index in [1.165, 1.54) is 5.56 Å². The smallest absolute Gasteiger partial charge is 0.257 e. The number of aryl methyl sites for hydroxylation is 1. The van der Waals surface area contributed by atoms with Crippen molar-refractivity contribution in [2.45, 2.75) is 37.5 Å². The van der Waals surface area contributed by atoms with Gasteiger partial charge in [-0.2, -0.15) is 5.10 Å². The molecule has 152 valence electrons. The predicted octanol–water partition coefficient (Wildman–Crippen LogP) is 5.26. The molecular weight excluding hydrogens is 394 g/mol. The summed E-state index contributed by atoms with van der Waals surface area (Å²) in [5.41, 5.74) is 3.98. The normalized spacial score (nSPS) is 11.2. The van der Waals surface area contributed by atoms with Crippen molar-refractivity contribution in [2.75, 3.05) is 5.32 Å².